The van der Waals surface area contributed by atoms with Crippen LogP contribution in [-0.2, 0) is 7.05 Å². The van der Waals surface area contributed by atoms with Gasteiger partial charge in [-0.3, -0.25) is 4.79 Å². The van der Waals surface area contributed by atoms with Gasteiger partial charge in [0.25, 0.3) is 5.91 Å². The third-order valence-corrected chi connectivity index (χ3v) is 8.27. The number of thiophene rings is 2. The van der Waals surface area contributed by atoms with Crippen molar-refractivity contribution in [1.29, 1.82) is 0 Å². The molecule has 0 bridgehead atoms. The predicted molar refractivity (Wildman–Crippen MR) is 150 cm³/mol. The van der Waals surface area contributed by atoms with Gasteiger partial charge in [-0.1, -0.05) is 30.3 Å². The number of pyridine rings is 1. The number of nitrogen functional groups attached to an aromatic ring is 1. The molecule has 0 unspecified atom stereocenters. The van der Waals surface area contributed by atoms with Gasteiger partial charge in [-0.05, 0) is 46.7 Å². The number of benzene rings is 2. The van der Waals surface area contributed by atoms with Crippen LogP contribution in [0.5, 0.6) is 5.75 Å². The third-order valence-electron chi connectivity index (χ3n) is 6.36. The van der Waals surface area contributed by atoms with Crippen molar-refractivity contribution >= 4 is 61.1 Å². The minimum atomic E-state index is -0.199. The smallest absolute Gasteiger partial charge is 0.272 e. The molecule has 36 heavy (non-hydrogen) atoms. The van der Waals surface area contributed by atoms with Gasteiger partial charge >= 0.3 is 0 Å². The summed E-state index contributed by atoms with van der Waals surface area (Å²) in [4.78, 5) is 18.8. The number of methoxy groups -OCH3 is 1. The Morgan fingerprint density at radius 3 is 2.69 bits per heavy atom. The molecule has 0 aliphatic heterocycles. The molecule has 178 valence electrons. The average molecular weight is 511 g/mol. The van der Waals surface area contributed by atoms with Crippen LogP contribution >= 0.6 is 22.7 Å². The van der Waals surface area contributed by atoms with E-state index in [1.807, 2.05) is 72.4 Å². The monoisotopic (exact) mass is 510 g/mol. The maximum atomic E-state index is 13.1. The molecule has 6 aromatic rings. The first-order valence-electron chi connectivity index (χ1n) is 11.3. The third kappa shape index (κ3) is 3.62. The second-order valence-corrected chi connectivity index (χ2v) is 10.2. The van der Waals surface area contributed by atoms with Gasteiger partial charge in [0, 0.05) is 50.2 Å². The molecular weight excluding hydrogens is 488 g/mol. The van der Waals surface area contributed by atoms with Crippen molar-refractivity contribution in [2.75, 3.05) is 18.2 Å². The molecule has 6 nitrogen and oxygen atoms in total. The number of nitrogens with two attached hydrogens (primary N) is 1. The second kappa shape index (κ2) is 8.82. The molecule has 0 saturated heterocycles. The summed E-state index contributed by atoms with van der Waals surface area (Å²) < 4.78 is 8.67. The number of fused-ring (bicyclic) bond motifs is 2. The van der Waals surface area contributed by atoms with Gasteiger partial charge < -0.3 is 20.4 Å². The number of anilines is 2. The van der Waals surface area contributed by atoms with Gasteiger partial charge in [0.15, 0.2) is 0 Å². The number of para-hydroxylation sites is 1. The lowest BCUT2D eigenvalue weighted by atomic mass is 10.0. The van der Waals surface area contributed by atoms with Gasteiger partial charge in [0.2, 0.25) is 0 Å². The molecule has 6 rings (SSSR count). The fourth-order valence-corrected chi connectivity index (χ4v) is 6.46. The highest BCUT2D eigenvalue weighted by atomic mass is 32.1. The fourth-order valence-electron chi connectivity index (χ4n) is 4.54. The van der Waals surface area contributed by atoms with Crippen molar-refractivity contribution < 1.29 is 9.53 Å². The van der Waals surface area contributed by atoms with Crippen LogP contribution in [0.15, 0.2) is 77.6 Å². The van der Waals surface area contributed by atoms with Gasteiger partial charge in [-0.2, -0.15) is 0 Å². The number of ether oxygens (including phenoxy) is 1. The number of nitrogens with zero attached hydrogens (tertiary/aromatic N) is 2. The first-order valence-corrected chi connectivity index (χ1v) is 13.0. The molecule has 3 N–H and O–H groups in total. The van der Waals surface area contributed by atoms with E-state index in [2.05, 4.69) is 27.1 Å². The van der Waals surface area contributed by atoms with Crippen molar-refractivity contribution in [3.63, 3.8) is 0 Å². The topological polar surface area (TPSA) is 82.2 Å². The zero-order valence-corrected chi connectivity index (χ0v) is 21.2. The van der Waals surface area contributed by atoms with Crippen molar-refractivity contribution in [3.05, 3.63) is 83.3 Å². The Hall–Kier alpha value is -4.14. The quantitative estimate of drug-likeness (QED) is 0.261. The van der Waals surface area contributed by atoms with E-state index in [0.29, 0.717) is 22.9 Å². The molecule has 0 aliphatic carbocycles. The number of amides is 1. The molecule has 8 heteroatoms. The molecule has 0 aliphatic rings. The highest BCUT2D eigenvalue weighted by Crippen LogP contribution is 2.44. The molecule has 0 saturated carbocycles. The maximum absolute atomic E-state index is 13.1. The first kappa shape index (κ1) is 22.3. The minimum absolute atomic E-state index is 0.199. The SMILES string of the molecule is COc1cc(-c2csc3c(-c4cccs4)cnc(N)c23)ccc1NC(=O)c1cc2ccccc2n1C. The number of hydrogen-bond acceptors (Lipinski definition) is 6. The summed E-state index contributed by atoms with van der Waals surface area (Å²) in [6, 6.07) is 19.7. The Morgan fingerprint density at radius 2 is 1.92 bits per heavy atom. The van der Waals surface area contributed by atoms with E-state index in [-0.39, 0.29) is 5.91 Å². The first-order chi connectivity index (χ1) is 17.5. The maximum Gasteiger partial charge on any atom is 0.272 e. The number of aromatic nitrogens is 2. The lowest BCUT2D eigenvalue weighted by Crippen LogP contribution is -2.16. The molecule has 1 amide bonds. The lowest BCUT2D eigenvalue weighted by Gasteiger charge is -2.13. The molecule has 2 aromatic carbocycles. The van der Waals surface area contributed by atoms with E-state index in [1.54, 1.807) is 29.8 Å². The Bertz CT molecular complexity index is 1750. The summed E-state index contributed by atoms with van der Waals surface area (Å²) in [5, 5.41) is 9.12. The van der Waals surface area contributed by atoms with Crippen LogP contribution in [0.3, 0.4) is 0 Å². The van der Waals surface area contributed by atoms with E-state index >= 15 is 0 Å². The zero-order valence-electron chi connectivity index (χ0n) is 19.6. The Balaban J connectivity index is 1.37. The van der Waals surface area contributed by atoms with Crippen LogP contribution in [0.4, 0.5) is 11.5 Å². The largest absolute Gasteiger partial charge is 0.495 e. The van der Waals surface area contributed by atoms with Crippen molar-refractivity contribution in [3.8, 4) is 27.3 Å². The van der Waals surface area contributed by atoms with Crippen LogP contribution in [0.1, 0.15) is 10.5 Å². The van der Waals surface area contributed by atoms with Gasteiger partial charge in [0.05, 0.1) is 12.8 Å². The van der Waals surface area contributed by atoms with Crippen LogP contribution in [-0.4, -0.2) is 22.6 Å². The summed E-state index contributed by atoms with van der Waals surface area (Å²) in [5.74, 6) is 0.864. The van der Waals surface area contributed by atoms with E-state index in [9.17, 15) is 4.79 Å². The highest BCUT2D eigenvalue weighted by molar-refractivity contribution is 7.19. The van der Waals surface area contributed by atoms with Crippen LogP contribution in [0.2, 0.25) is 0 Å². The fraction of sp³-hybridized carbons (Fsp3) is 0.0714. The molecule has 4 aromatic heterocycles. The average Bonchev–Trinajstić information content (AvgIpc) is 3.65. The molecule has 0 fully saturated rings. The van der Waals surface area contributed by atoms with Gasteiger partial charge in [0.1, 0.15) is 17.3 Å². The molecule has 0 spiro atoms. The number of hydrogen-bond donors (Lipinski definition) is 2. The summed E-state index contributed by atoms with van der Waals surface area (Å²) in [7, 11) is 3.49. The van der Waals surface area contributed by atoms with E-state index in [4.69, 9.17) is 10.5 Å². The van der Waals surface area contributed by atoms with Crippen LogP contribution in [0.25, 0.3) is 42.6 Å². The van der Waals surface area contributed by atoms with Crippen LogP contribution in [0, 0.1) is 0 Å². The predicted octanol–water partition coefficient (Wildman–Crippen LogP) is 7.03. The van der Waals surface area contributed by atoms with Crippen molar-refractivity contribution in [1.82, 2.24) is 9.55 Å². The lowest BCUT2D eigenvalue weighted by molar-refractivity contribution is 0.101. The van der Waals surface area contributed by atoms with Crippen molar-refractivity contribution in [2.45, 2.75) is 0 Å². The number of aryl methyl sites for hydroxylation is 1. The Kier molecular flexibility index (Phi) is 5.47. The second-order valence-electron chi connectivity index (χ2n) is 8.40. The zero-order chi connectivity index (χ0) is 24.8. The minimum Gasteiger partial charge on any atom is -0.495 e. The Labute approximate surface area is 215 Å². The van der Waals surface area contributed by atoms with E-state index in [0.717, 1.165) is 42.6 Å². The number of nitrogens with one attached hydrogen (secondary N) is 1. The highest BCUT2D eigenvalue weighted by Gasteiger charge is 2.19. The normalized spacial score (nSPS) is 11.3. The van der Waals surface area contributed by atoms with E-state index < -0.39 is 0 Å². The Morgan fingerprint density at radius 1 is 1.06 bits per heavy atom. The molecular formula is C28H22N4O2S2. The number of carbonyl (C=O) groups excluding carboxylic acids is 1. The standard InChI is InChI=1S/C28H22N4O2S2/c1-32-21-7-4-3-6-17(21)12-22(32)28(33)31-20-10-9-16(13-23(20)34-2)19-15-36-26-18(24-8-5-11-35-24)14-30-27(29)25(19)26/h3-15H,1-2H3,(H2,29,30)(H,31,33). The summed E-state index contributed by atoms with van der Waals surface area (Å²) in [6.45, 7) is 0. The molecule has 0 atom stereocenters. The molecule has 0 radical (unpaired) electrons. The summed E-state index contributed by atoms with van der Waals surface area (Å²) in [6.07, 6.45) is 1.84. The van der Waals surface area contributed by atoms with Crippen molar-refractivity contribution in [2.24, 2.45) is 7.05 Å². The van der Waals surface area contributed by atoms with Crippen LogP contribution < -0.4 is 15.8 Å². The van der Waals surface area contributed by atoms with Gasteiger partial charge in [-0.15, -0.1) is 22.7 Å². The number of rotatable bonds is 5. The van der Waals surface area contributed by atoms with E-state index in [1.165, 1.54) is 0 Å². The molecule has 4 heterocycles. The number of carbonyl (C=O) groups is 1. The summed E-state index contributed by atoms with van der Waals surface area (Å²) >= 11 is 3.33. The summed E-state index contributed by atoms with van der Waals surface area (Å²) in [5.41, 5.74) is 11.5. The van der Waals surface area contributed by atoms with Gasteiger partial charge in [-0.25, -0.2) is 4.98 Å².